The molecule has 0 saturated carbocycles. The quantitative estimate of drug-likeness (QED) is 0.0280. The molecule has 2 unspecified atom stereocenters. The summed E-state index contributed by atoms with van der Waals surface area (Å²) in [5.41, 5.74) is 4.14. The Morgan fingerprint density at radius 1 is 0.746 bits per heavy atom. The third-order valence-corrected chi connectivity index (χ3v) is 13.6. The second kappa shape index (κ2) is 27.8. The predicted molar refractivity (Wildman–Crippen MR) is 271 cm³/mol. The van der Waals surface area contributed by atoms with Crippen LogP contribution in [0.4, 0.5) is 5.69 Å². The van der Waals surface area contributed by atoms with Crippen LogP contribution in [-0.4, -0.2) is 108 Å². The Labute approximate surface area is 433 Å². The third-order valence-electron chi connectivity index (χ3n) is 10.6. The number of hydrogen-bond acceptors (Lipinski definition) is 14. The number of pyridine rings is 3. The zero-order valence-electron chi connectivity index (χ0n) is 38.2. The van der Waals surface area contributed by atoms with Crippen molar-refractivity contribution in [3.8, 4) is 11.4 Å². The molecule has 3 amide bonds. The summed E-state index contributed by atoms with van der Waals surface area (Å²) in [4.78, 5) is 53.8. The standard InChI is InChI=1S/C32H37N7O6S3.2C9H7N2.Ir/c40-27(33-18-20-46-47-28-10-2-4-14-34-28)9-1-3-15-37-31(41)24(21-48(43,44)45)38-32(42)26-8-6-19-39(26)25-13-17-36-30-23(25)12-11-22-7-5-16-35-29(22)30;2*1-2-5-9(6-3-1)11-8-4-7-10-11;/h2,4-5,7,10-14,16-17,24,26H,1,3,6,8-9,15,18-21H2,(H,33,40)(H,37,41)(H,38,42)(H,43,44,45);2*1-5,7-8H;/q;2*-1;/p-1. The van der Waals surface area contributed by atoms with Crippen LogP contribution in [0.2, 0.25) is 0 Å². The SMILES string of the molecule is O=C(CCCCNC(=O)C(CS(=O)(=O)[O-])NC(=O)C1CCCN1c1ccnc2c1ccc1cccnc12)NCCSSc1ccccn1.[Ir].[c-]1ccccc1-n1cccn1.[c-]1ccccc1-n1cccn1. The van der Waals surface area contributed by atoms with Crippen LogP contribution in [0.5, 0.6) is 0 Å². The molecule has 1 saturated heterocycles. The molecule has 1 radical (unpaired) electrons. The van der Waals surface area contributed by atoms with Crippen molar-refractivity contribution in [2.75, 3.05) is 36.0 Å². The Morgan fingerprint density at radius 2 is 1.45 bits per heavy atom. The van der Waals surface area contributed by atoms with E-state index in [2.05, 4.69) is 53.2 Å². The second-order valence-corrected chi connectivity index (χ2v) is 19.5. The van der Waals surface area contributed by atoms with Gasteiger partial charge in [-0.2, -0.15) is 58.7 Å². The van der Waals surface area contributed by atoms with Gasteiger partial charge >= 0.3 is 0 Å². The summed E-state index contributed by atoms with van der Waals surface area (Å²) in [7, 11) is -1.71. The van der Waals surface area contributed by atoms with Crippen LogP contribution in [0, 0.1) is 12.1 Å². The maximum absolute atomic E-state index is 13.5. The molecule has 9 rings (SSSR count). The van der Waals surface area contributed by atoms with Crippen LogP contribution in [0.25, 0.3) is 33.2 Å². The Balaban J connectivity index is 0.000000289. The van der Waals surface area contributed by atoms with Gasteiger partial charge in [0, 0.05) is 112 Å². The van der Waals surface area contributed by atoms with Crippen molar-refractivity contribution >= 4 is 76.9 Å². The van der Waals surface area contributed by atoms with Gasteiger partial charge in [-0.25, -0.2) is 13.4 Å². The van der Waals surface area contributed by atoms with Gasteiger partial charge in [0.2, 0.25) is 17.7 Å². The third kappa shape index (κ3) is 16.6. The monoisotopic (exact) mass is 1190 g/mol. The molecule has 371 valence electrons. The number of nitrogens with one attached hydrogen (secondary N) is 3. The minimum absolute atomic E-state index is 0. The molecule has 0 aliphatic carbocycles. The molecule has 8 aromatic rings. The number of carbonyl (C=O) groups excluding carboxylic acids is 3. The molecular formula is C50H50IrN11O6S3-3. The minimum atomic E-state index is -4.84. The number of aromatic nitrogens is 7. The summed E-state index contributed by atoms with van der Waals surface area (Å²) < 4.78 is 38.6. The summed E-state index contributed by atoms with van der Waals surface area (Å²) in [5.74, 6) is -1.79. The smallest absolute Gasteiger partial charge is 0.243 e. The largest absolute Gasteiger partial charge is 0.748 e. The summed E-state index contributed by atoms with van der Waals surface area (Å²) in [6.07, 6.45) is 14.7. The average Bonchev–Trinajstić information content (AvgIpc) is 4.22. The molecule has 21 heteroatoms. The normalized spacial score (nSPS) is 13.4. The van der Waals surface area contributed by atoms with E-state index >= 15 is 0 Å². The Bertz CT molecular complexity index is 2930. The van der Waals surface area contributed by atoms with Crippen LogP contribution in [0.3, 0.4) is 0 Å². The van der Waals surface area contributed by atoms with Crippen molar-refractivity contribution in [3.63, 3.8) is 0 Å². The number of unbranched alkanes of at least 4 members (excludes halogenated alkanes) is 1. The summed E-state index contributed by atoms with van der Waals surface area (Å²) in [5, 5.41) is 18.8. The first-order valence-corrected chi connectivity index (χ1v) is 26.3. The number of carbonyl (C=O) groups is 3. The molecule has 2 atom stereocenters. The maximum Gasteiger partial charge on any atom is 0.243 e. The summed E-state index contributed by atoms with van der Waals surface area (Å²) in [6, 6.07) is 38.3. The van der Waals surface area contributed by atoms with Gasteiger partial charge in [0.05, 0.1) is 26.9 Å². The van der Waals surface area contributed by atoms with E-state index < -0.39 is 39.8 Å². The summed E-state index contributed by atoms with van der Waals surface area (Å²) >= 11 is 0. The van der Waals surface area contributed by atoms with Crippen molar-refractivity contribution in [1.29, 1.82) is 0 Å². The molecule has 3 aromatic carbocycles. The average molecular weight is 1190 g/mol. The number of rotatable bonds is 18. The van der Waals surface area contributed by atoms with E-state index in [9.17, 15) is 27.4 Å². The Hall–Kier alpha value is -6.48. The molecule has 0 bridgehead atoms. The fraction of sp³-hybridized carbons (Fsp3) is 0.240. The van der Waals surface area contributed by atoms with Gasteiger partial charge in [-0.15, -0.1) is 12.1 Å². The molecule has 6 heterocycles. The van der Waals surface area contributed by atoms with Crippen molar-refractivity contribution < 1.29 is 47.5 Å². The van der Waals surface area contributed by atoms with Gasteiger partial charge in [0.25, 0.3) is 0 Å². The van der Waals surface area contributed by atoms with Gasteiger partial charge in [0.1, 0.15) is 17.1 Å². The zero-order valence-corrected chi connectivity index (χ0v) is 43.1. The molecular weight excluding hydrogens is 1140 g/mol. The first-order chi connectivity index (χ1) is 34.1. The van der Waals surface area contributed by atoms with E-state index in [1.54, 1.807) is 51.1 Å². The number of benzene rings is 3. The Morgan fingerprint density at radius 3 is 2.10 bits per heavy atom. The molecule has 1 aliphatic heterocycles. The van der Waals surface area contributed by atoms with E-state index in [-0.39, 0.29) is 39.0 Å². The van der Waals surface area contributed by atoms with E-state index in [0.717, 1.165) is 38.4 Å². The Kier molecular flexibility index (Phi) is 21.1. The number of hydrogen-bond donors (Lipinski definition) is 3. The molecule has 17 nitrogen and oxygen atoms in total. The topological polar surface area (TPSA) is 222 Å². The summed E-state index contributed by atoms with van der Waals surface area (Å²) in [6.45, 7) is 1.22. The van der Waals surface area contributed by atoms with Crippen LogP contribution in [0.1, 0.15) is 32.1 Å². The van der Waals surface area contributed by atoms with Gasteiger partial charge in [-0.3, -0.25) is 33.7 Å². The zero-order chi connectivity index (χ0) is 49.0. The maximum atomic E-state index is 13.5. The molecule has 0 spiro atoms. The number of fused-ring (bicyclic) bond motifs is 3. The van der Waals surface area contributed by atoms with E-state index in [1.807, 2.05) is 126 Å². The molecule has 5 aromatic heterocycles. The first-order valence-electron chi connectivity index (χ1n) is 22.4. The molecule has 3 N–H and O–H groups in total. The van der Waals surface area contributed by atoms with Gasteiger partial charge in [-0.05, 0) is 90.3 Å². The minimum Gasteiger partial charge on any atom is -0.748 e. The molecule has 71 heavy (non-hydrogen) atoms. The van der Waals surface area contributed by atoms with Crippen molar-refractivity contribution in [3.05, 3.63) is 165 Å². The van der Waals surface area contributed by atoms with Gasteiger partial charge < -0.3 is 25.4 Å². The predicted octanol–water partition coefficient (Wildman–Crippen LogP) is 6.36. The van der Waals surface area contributed by atoms with Crippen LogP contribution < -0.4 is 20.9 Å². The van der Waals surface area contributed by atoms with Crippen LogP contribution >= 0.6 is 21.6 Å². The van der Waals surface area contributed by atoms with Crippen molar-refractivity contribution in [2.24, 2.45) is 0 Å². The van der Waals surface area contributed by atoms with Crippen molar-refractivity contribution in [1.82, 2.24) is 50.5 Å². The van der Waals surface area contributed by atoms with Crippen LogP contribution in [-0.2, 0) is 44.6 Å². The van der Waals surface area contributed by atoms with Crippen molar-refractivity contribution in [2.45, 2.75) is 49.2 Å². The second-order valence-electron chi connectivity index (χ2n) is 15.6. The number of nitrogens with zero attached hydrogens (tertiary/aromatic N) is 8. The number of anilines is 1. The number of amides is 3. The van der Waals surface area contributed by atoms with E-state index in [1.165, 1.54) is 10.8 Å². The molecule has 1 aliphatic rings. The fourth-order valence-corrected chi connectivity index (χ4v) is 9.84. The first kappa shape index (κ1) is 53.9. The fourth-order valence-electron chi connectivity index (χ4n) is 7.41. The van der Waals surface area contributed by atoms with Gasteiger partial charge in [-0.1, -0.05) is 29.0 Å². The van der Waals surface area contributed by atoms with E-state index in [4.69, 9.17) is 0 Å². The van der Waals surface area contributed by atoms with Crippen LogP contribution in [0.15, 0.2) is 158 Å². The van der Waals surface area contributed by atoms with Gasteiger partial charge in [0.15, 0.2) is 0 Å². The van der Waals surface area contributed by atoms with E-state index in [0.29, 0.717) is 50.0 Å². The number of para-hydroxylation sites is 2. The molecule has 1 fully saturated rings.